The minimum absolute atomic E-state index is 0.683. The fourth-order valence-corrected chi connectivity index (χ4v) is 4.61. The van der Waals surface area contributed by atoms with Crippen molar-refractivity contribution in [3.05, 3.63) is 23.8 Å². The van der Waals surface area contributed by atoms with E-state index in [1.807, 2.05) is 5.57 Å². The molecule has 0 spiro atoms. The topological polar surface area (TPSA) is 0 Å². The van der Waals surface area contributed by atoms with Crippen LogP contribution in [0, 0.1) is 23.2 Å². The first-order valence-electron chi connectivity index (χ1n) is 6.93. The Balaban J connectivity index is 1.79. The molecule has 0 amide bonds. The SMILES string of the molecule is C=C(C)CCC12CC(C)C=C3CC(C1)C3C2. The minimum atomic E-state index is 0.683. The highest BCUT2D eigenvalue weighted by atomic mass is 14.6. The van der Waals surface area contributed by atoms with Gasteiger partial charge < -0.3 is 0 Å². The fraction of sp³-hybridized carbons (Fsp3) is 0.750. The molecule has 0 heterocycles. The fourth-order valence-electron chi connectivity index (χ4n) is 4.61. The predicted octanol–water partition coefficient (Wildman–Crippen LogP) is 4.73. The largest absolute Gasteiger partial charge is 0.100 e. The van der Waals surface area contributed by atoms with Crippen molar-refractivity contribution in [1.29, 1.82) is 0 Å². The molecule has 16 heavy (non-hydrogen) atoms. The van der Waals surface area contributed by atoms with Gasteiger partial charge in [0.2, 0.25) is 0 Å². The van der Waals surface area contributed by atoms with E-state index in [-0.39, 0.29) is 0 Å². The van der Waals surface area contributed by atoms with Crippen molar-refractivity contribution in [2.75, 3.05) is 0 Å². The zero-order valence-electron chi connectivity index (χ0n) is 10.8. The van der Waals surface area contributed by atoms with Gasteiger partial charge in [0.15, 0.2) is 0 Å². The average Bonchev–Trinajstić information content (AvgIpc) is 2.39. The summed E-state index contributed by atoms with van der Waals surface area (Å²) in [5.41, 5.74) is 3.87. The third-order valence-corrected chi connectivity index (χ3v) is 5.23. The Morgan fingerprint density at radius 2 is 2.25 bits per heavy atom. The van der Waals surface area contributed by atoms with Gasteiger partial charge in [-0.1, -0.05) is 24.1 Å². The van der Waals surface area contributed by atoms with Gasteiger partial charge >= 0.3 is 0 Å². The maximum atomic E-state index is 4.08. The second-order valence-corrected chi connectivity index (χ2v) is 6.86. The number of fused-ring (bicyclic) bond motifs is 1. The molecule has 4 unspecified atom stereocenters. The maximum absolute atomic E-state index is 4.08. The van der Waals surface area contributed by atoms with Crippen molar-refractivity contribution in [3.8, 4) is 0 Å². The number of allylic oxidation sites excluding steroid dienone is 3. The molecule has 3 rings (SSSR count). The van der Waals surface area contributed by atoms with Gasteiger partial charge in [0.1, 0.15) is 0 Å². The van der Waals surface area contributed by atoms with E-state index in [4.69, 9.17) is 0 Å². The lowest BCUT2D eigenvalue weighted by molar-refractivity contribution is 0.214. The zero-order valence-corrected chi connectivity index (χ0v) is 10.8. The number of hydrogen-bond acceptors (Lipinski definition) is 0. The third-order valence-electron chi connectivity index (χ3n) is 5.23. The molecule has 0 nitrogen and oxygen atoms in total. The van der Waals surface area contributed by atoms with Crippen LogP contribution in [0.3, 0.4) is 0 Å². The van der Waals surface area contributed by atoms with E-state index in [2.05, 4.69) is 26.5 Å². The molecule has 88 valence electrons. The van der Waals surface area contributed by atoms with Crippen molar-refractivity contribution in [2.45, 2.75) is 52.4 Å². The molecule has 2 bridgehead atoms. The van der Waals surface area contributed by atoms with E-state index in [1.165, 1.54) is 44.1 Å². The van der Waals surface area contributed by atoms with Crippen LogP contribution in [0.15, 0.2) is 23.8 Å². The Hall–Kier alpha value is -0.520. The van der Waals surface area contributed by atoms with Crippen molar-refractivity contribution >= 4 is 0 Å². The molecule has 2 saturated carbocycles. The lowest BCUT2D eigenvalue weighted by Crippen LogP contribution is -2.25. The van der Waals surface area contributed by atoms with Crippen LogP contribution in [-0.4, -0.2) is 0 Å². The lowest BCUT2D eigenvalue weighted by Gasteiger charge is -2.36. The minimum Gasteiger partial charge on any atom is -0.100 e. The average molecular weight is 216 g/mol. The van der Waals surface area contributed by atoms with Crippen molar-refractivity contribution in [2.24, 2.45) is 23.2 Å². The molecule has 0 aliphatic heterocycles. The van der Waals surface area contributed by atoms with Gasteiger partial charge in [-0.25, -0.2) is 0 Å². The highest BCUT2D eigenvalue weighted by Crippen LogP contribution is 2.63. The van der Waals surface area contributed by atoms with E-state index in [0.29, 0.717) is 5.41 Å². The van der Waals surface area contributed by atoms with Gasteiger partial charge in [0.05, 0.1) is 0 Å². The first-order chi connectivity index (χ1) is 7.58. The second-order valence-electron chi connectivity index (χ2n) is 6.86. The highest BCUT2D eigenvalue weighted by molar-refractivity contribution is 5.26. The van der Waals surface area contributed by atoms with Gasteiger partial charge in [-0.15, -0.1) is 6.58 Å². The van der Waals surface area contributed by atoms with Crippen molar-refractivity contribution in [1.82, 2.24) is 0 Å². The van der Waals surface area contributed by atoms with E-state index >= 15 is 0 Å². The van der Waals surface area contributed by atoms with Crippen molar-refractivity contribution < 1.29 is 0 Å². The maximum Gasteiger partial charge on any atom is -0.0166 e. The summed E-state index contributed by atoms with van der Waals surface area (Å²) in [6.07, 6.45) is 11.2. The summed E-state index contributed by atoms with van der Waals surface area (Å²) < 4.78 is 0. The summed E-state index contributed by atoms with van der Waals surface area (Å²) in [7, 11) is 0. The molecule has 3 aliphatic rings. The van der Waals surface area contributed by atoms with Crippen molar-refractivity contribution in [3.63, 3.8) is 0 Å². The monoisotopic (exact) mass is 216 g/mol. The van der Waals surface area contributed by atoms with Gasteiger partial charge in [0.25, 0.3) is 0 Å². The Morgan fingerprint density at radius 3 is 3.00 bits per heavy atom. The zero-order chi connectivity index (χ0) is 11.3. The van der Waals surface area contributed by atoms with Crippen LogP contribution >= 0.6 is 0 Å². The van der Waals surface area contributed by atoms with E-state index in [0.717, 1.165) is 17.8 Å². The van der Waals surface area contributed by atoms with Crippen LogP contribution in [0.2, 0.25) is 0 Å². The molecule has 4 atom stereocenters. The molecule has 0 aromatic rings. The van der Waals surface area contributed by atoms with E-state index in [9.17, 15) is 0 Å². The summed E-state index contributed by atoms with van der Waals surface area (Å²) in [5, 5.41) is 0. The summed E-state index contributed by atoms with van der Waals surface area (Å²) in [6.45, 7) is 8.68. The van der Waals surface area contributed by atoms with Gasteiger partial charge in [0, 0.05) is 0 Å². The van der Waals surface area contributed by atoms with Crippen LogP contribution in [0.1, 0.15) is 52.4 Å². The molecule has 0 saturated heterocycles. The molecule has 0 aromatic heterocycles. The second kappa shape index (κ2) is 3.48. The summed E-state index contributed by atoms with van der Waals surface area (Å²) >= 11 is 0. The summed E-state index contributed by atoms with van der Waals surface area (Å²) in [5.74, 6) is 2.88. The molecular weight excluding hydrogens is 192 g/mol. The first-order valence-corrected chi connectivity index (χ1v) is 6.93. The summed E-state index contributed by atoms with van der Waals surface area (Å²) in [6, 6.07) is 0. The summed E-state index contributed by atoms with van der Waals surface area (Å²) in [4.78, 5) is 0. The highest BCUT2D eigenvalue weighted by Gasteiger charge is 2.52. The molecule has 0 N–H and O–H groups in total. The Labute approximate surface area is 99.8 Å². The van der Waals surface area contributed by atoms with E-state index < -0.39 is 0 Å². The van der Waals surface area contributed by atoms with Crippen LogP contribution in [0.5, 0.6) is 0 Å². The first kappa shape index (κ1) is 10.6. The molecule has 3 aliphatic carbocycles. The molecule has 0 heteroatoms. The smallest absolute Gasteiger partial charge is 0.0166 e. The standard InChI is InChI=1S/C16H24/c1-11(2)4-5-16-8-12(3)6-13-7-14(9-16)15(13)10-16/h6,12,14-15H,1,4-5,7-10H2,2-3H3. The third kappa shape index (κ3) is 1.58. The normalized spacial score (nSPS) is 44.6. The molecular formula is C16H24. The quantitative estimate of drug-likeness (QED) is 0.598. The van der Waals surface area contributed by atoms with Crippen LogP contribution < -0.4 is 0 Å². The molecule has 0 aromatic carbocycles. The Morgan fingerprint density at radius 1 is 1.44 bits per heavy atom. The molecule has 2 fully saturated rings. The predicted molar refractivity (Wildman–Crippen MR) is 69.2 cm³/mol. The Bertz CT molecular complexity index is 349. The van der Waals surface area contributed by atoms with Crippen LogP contribution in [-0.2, 0) is 0 Å². The number of rotatable bonds is 3. The van der Waals surface area contributed by atoms with Gasteiger partial charge in [-0.3, -0.25) is 0 Å². The molecule has 0 radical (unpaired) electrons. The van der Waals surface area contributed by atoms with E-state index in [1.54, 1.807) is 0 Å². The van der Waals surface area contributed by atoms with Crippen LogP contribution in [0.4, 0.5) is 0 Å². The van der Waals surface area contributed by atoms with Gasteiger partial charge in [-0.2, -0.15) is 0 Å². The van der Waals surface area contributed by atoms with Crippen LogP contribution in [0.25, 0.3) is 0 Å². The lowest BCUT2D eigenvalue weighted by atomic mass is 9.69. The van der Waals surface area contributed by atoms with Gasteiger partial charge in [-0.05, 0) is 68.6 Å². The number of hydrogen-bond donors (Lipinski definition) is 0. The Kier molecular flexibility index (Phi) is 2.31.